The first-order chi connectivity index (χ1) is 9.67. The van der Waals surface area contributed by atoms with E-state index in [1.165, 1.54) is 16.2 Å². The van der Waals surface area contributed by atoms with E-state index in [9.17, 15) is 9.59 Å². The third-order valence-electron chi connectivity index (χ3n) is 2.46. The Kier molecular flexibility index (Phi) is 7.34. The molecule has 0 aliphatic heterocycles. The Hall–Kier alpha value is -1.89. The molecule has 2 N–H and O–H groups in total. The van der Waals surface area contributed by atoms with Crippen LogP contribution in [-0.2, 0) is 4.79 Å². The molecule has 0 unspecified atom stereocenters. The third-order valence-corrected chi connectivity index (χ3v) is 3.14. The van der Waals surface area contributed by atoms with Gasteiger partial charge in [0.2, 0.25) is 5.91 Å². The Bertz CT molecular complexity index is 434. The lowest BCUT2D eigenvalue weighted by atomic mass is 10.3. The molecule has 1 rings (SSSR count). The summed E-state index contributed by atoms with van der Waals surface area (Å²) in [6, 6.07) is -0.257. The second-order valence-electron chi connectivity index (χ2n) is 4.14. The van der Waals surface area contributed by atoms with Crippen molar-refractivity contribution in [2.24, 2.45) is 0 Å². The van der Waals surface area contributed by atoms with Gasteiger partial charge in [-0.05, 0) is 6.42 Å². The van der Waals surface area contributed by atoms with Crippen molar-refractivity contribution in [1.29, 1.82) is 0 Å². The standard InChI is InChI=1S/C13H20N4O2S/c1-3-5-6-15-13(19)17(8-4-2)10-11(18)16-12-14-7-9-20-12/h4,7,9H,2-3,5-6,8,10H2,1H3,(H,15,19)(H,14,16,18). The smallest absolute Gasteiger partial charge is 0.318 e. The van der Waals surface area contributed by atoms with E-state index in [1.54, 1.807) is 17.7 Å². The molecule has 1 aromatic heterocycles. The van der Waals surface area contributed by atoms with Crippen LogP contribution in [0, 0.1) is 0 Å². The monoisotopic (exact) mass is 296 g/mol. The Morgan fingerprint density at radius 1 is 1.55 bits per heavy atom. The number of carbonyl (C=O) groups is 2. The number of aromatic nitrogens is 1. The lowest BCUT2D eigenvalue weighted by Crippen LogP contribution is -2.44. The zero-order valence-electron chi connectivity index (χ0n) is 11.6. The van der Waals surface area contributed by atoms with E-state index in [0.717, 1.165) is 12.8 Å². The second-order valence-corrected chi connectivity index (χ2v) is 5.03. The largest absolute Gasteiger partial charge is 0.338 e. The fourth-order valence-electron chi connectivity index (χ4n) is 1.48. The van der Waals surface area contributed by atoms with Crippen LogP contribution >= 0.6 is 11.3 Å². The number of unbranched alkanes of at least 4 members (excludes halogenated alkanes) is 1. The maximum atomic E-state index is 11.9. The van der Waals surface area contributed by atoms with E-state index in [0.29, 0.717) is 18.2 Å². The quantitative estimate of drug-likeness (QED) is 0.570. The summed E-state index contributed by atoms with van der Waals surface area (Å²) < 4.78 is 0. The number of rotatable bonds is 8. The minimum atomic E-state index is -0.271. The van der Waals surface area contributed by atoms with Crippen LogP contribution in [0.2, 0.25) is 0 Å². The molecule has 0 saturated heterocycles. The molecule has 0 bridgehead atoms. The number of anilines is 1. The van der Waals surface area contributed by atoms with Crippen LogP contribution in [0.15, 0.2) is 24.2 Å². The minimum absolute atomic E-state index is 0.0242. The molecule has 0 radical (unpaired) electrons. The van der Waals surface area contributed by atoms with E-state index in [4.69, 9.17) is 0 Å². The molecule has 0 aliphatic rings. The van der Waals surface area contributed by atoms with Gasteiger partial charge < -0.3 is 15.5 Å². The molecular weight excluding hydrogens is 276 g/mol. The summed E-state index contributed by atoms with van der Waals surface area (Å²) in [5.41, 5.74) is 0. The first-order valence-corrected chi connectivity index (χ1v) is 7.38. The van der Waals surface area contributed by atoms with Gasteiger partial charge in [0.1, 0.15) is 6.54 Å². The first kappa shape index (κ1) is 16.2. The van der Waals surface area contributed by atoms with Crippen LogP contribution in [-0.4, -0.2) is 41.5 Å². The maximum absolute atomic E-state index is 11.9. The van der Waals surface area contributed by atoms with E-state index in [2.05, 4.69) is 29.1 Å². The minimum Gasteiger partial charge on any atom is -0.338 e. The lowest BCUT2D eigenvalue weighted by Gasteiger charge is -2.20. The lowest BCUT2D eigenvalue weighted by molar-refractivity contribution is -0.116. The molecule has 1 aromatic rings. The van der Waals surface area contributed by atoms with Crippen LogP contribution in [0.3, 0.4) is 0 Å². The molecule has 3 amide bonds. The number of carbonyl (C=O) groups excluding carboxylic acids is 2. The third kappa shape index (κ3) is 5.83. The molecule has 7 heteroatoms. The Morgan fingerprint density at radius 3 is 2.95 bits per heavy atom. The average molecular weight is 296 g/mol. The molecule has 0 spiro atoms. The van der Waals surface area contributed by atoms with Crippen LogP contribution in [0.4, 0.5) is 9.93 Å². The van der Waals surface area contributed by atoms with Crippen molar-refractivity contribution in [2.75, 3.05) is 25.0 Å². The molecule has 1 heterocycles. The average Bonchev–Trinajstić information content (AvgIpc) is 2.91. The molecular formula is C13H20N4O2S. The number of urea groups is 1. The Morgan fingerprint density at radius 2 is 2.35 bits per heavy atom. The highest BCUT2D eigenvalue weighted by Gasteiger charge is 2.15. The summed E-state index contributed by atoms with van der Waals surface area (Å²) in [6.45, 7) is 6.56. The second kappa shape index (κ2) is 9.08. The van der Waals surface area contributed by atoms with Gasteiger partial charge in [-0.3, -0.25) is 4.79 Å². The van der Waals surface area contributed by atoms with Crippen LogP contribution in [0.1, 0.15) is 19.8 Å². The summed E-state index contributed by atoms with van der Waals surface area (Å²) in [7, 11) is 0. The zero-order chi connectivity index (χ0) is 14.8. The fourth-order valence-corrected chi connectivity index (χ4v) is 2.02. The van der Waals surface area contributed by atoms with E-state index in [-0.39, 0.29) is 18.5 Å². The van der Waals surface area contributed by atoms with Gasteiger partial charge in [-0.1, -0.05) is 19.4 Å². The van der Waals surface area contributed by atoms with Gasteiger partial charge in [-0.25, -0.2) is 9.78 Å². The molecule has 0 saturated carbocycles. The number of nitrogens with one attached hydrogen (secondary N) is 2. The van der Waals surface area contributed by atoms with Gasteiger partial charge in [0.25, 0.3) is 0 Å². The highest BCUT2D eigenvalue weighted by atomic mass is 32.1. The van der Waals surface area contributed by atoms with Crippen molar-refractivity contribution in [3.05, 3.63) is 24.2 Å². The highest BCUT2D eigenvalue weighted by Crippen LogP contribution is 2.09. The Labute approximate surface area is 122 Å². The Balaban J connectivity index is 2.46. The van der Waals surface area contributed by atoms with Crippen molar-refractivity contribution in [3.63, 3.8) is 0 Å². The normalized spacial score (nSPS) is 9.85. The number of thiazole rings is 1. The van der Waals surface area contributed by atoms with Crippen molar-refractivity contribution in [3.8, 4) is 0 Å². The fraction of sp³-hybridized carbons (Fsp3) is 0.462. The van der Waals surface area contributed by atoms with Gasteiger partial charge >= 0.3 is 6.03 Å². The molecule has 0 aliphatic carbocycles. The summed E-state index contributed by atoms with van der Waals surface area (Å²) in [4.78, 5) is 29.1. The molecule has 6 nitrogen and oxygen atoms in total. The van der Waals surface area contributed by atoms with Crippen molar-refractivity contribution >= 4 is 28.4 Å². The van der Waals surface area contributed by atoms with Crippen LogP contribution < -0.4 is 10.6 Å². The van der Waals surface area contributed by atoms with E-state index >= 15 is 0 Å². The van der Waals surface area contributed by atoms with Crippen molar-refractivity contribution in [2.45, 2.75) is 19.8 Å². The maximum Gasteiger partial charge on any atom is 0.318 e. The number of amides is 3. The van der Waals surface area contributed by atoms with Gasteiger partial charge in [-0.15, -0.1) is 17.9 Å². The van der Waals surface area contributed by atoms with E-state index < -0.39 is 0 Å². The van der Waals surface area contributed by atoms with Gasteiger partial charge in [0.05, 0.1) is 0 Å². The number of hydrogen-bond donors (Lipinski definition) is 2. The van der Waals surface area contributed by atoms with Gasteiger partial charge in [0.15, 0.2) is 5.13 Å². The predicted octanol–water partition coefficient (Wildman–Crippen LogP) is 2.08. The van der Waals surface area contributed by atoms with Crippen molar-refractivity contribution < 1.29 is 9.59 Å². The molecule has 0 atom stereocenters. The number of hydrogen-bond acceptors (Lipinski definition) is 4. The first-order valence-electron chi connectivity index (χ1n) is 6.50. The molecule has 110 valence electrons. The topological polar surface area (TPSA) is 74.3 Å². The summed E-state index contributed by atoms with van der Waals surface area (Å²) in [5.74, 6) is -0.271. The van der Waals surface area contributed by atoms with E-state index in [1.807, 2.05) is 0 Å². The molecule has 0 fully saturated rings. The summed E-state index contributed by atoms with van der Waals surface area (Å²) >= 11 is 1.33. The highest BCUT2D eigenvalue weighted by molar-refractivity contribution is 7.13. The zero-order valence-corrected chi connectivity index (χ0v) is 12.4. The van der Waals surface area contributed by atoms with Gasteiger partial charge in [-0.2, -0.15) is 0 Å². The molecule has 20 heavy (non-hydrogen) atoms. The van der Waals surface area contributed by atoms with Gasteiger partial charge in [0, 0.05) is 24.7 Å². The predicted molar refractivity (Wildman–Crippen MR) is 80.8 cm³/mol. The van der Waals surface area contributed by atoms with Crippen molar-refractivity contribution in [1.82, 2.24) is 15.2 Å². The SMILES string of the molecule is C=CCN(CC(=O)Nc1nccs1)C(=O)NCCCC. The number of nitrogens with zero attached hydrogens (tertiary/aromatic N) is 2. The van der Waals surface area contributed by atoms with Crippen LogP contribution in [0.25, 0.3) is 0 Å². The summed E-state index contributed by atoms with van der Waals surface area (Å²) in [6.07, 6.45) is 5.13. The summed E-state index contributed by atoms with van der Waals surface area (Å²) in [5, 5.41) is 7.72. The molecule has 0 aromatic carbocycles. The van der Waals surface area contributed by atoms with Crippen LogP contribution in [0.5, 0.6) is 0 Å².